The summed E-state index contributed by atoms with van der Waals surface area (Å²) >= 11 is 6.03. The highest BCUT2D eigenvalue weighted by molar-refractivity contribution is 6.32. The van der Waals surface area contributed by atoms with Gasteiger partial charge in [0.05, 0.1) is 12.8 Å². The van der Waals surface area contributed by atoms with Gasteiger partial charge in [-0.25, -0.2) is 9.79 Å². The third-order valence-corrected chi connectivity index (χ3v) is 3.06. The summed E-state index contributed by atoms with van der Waals surface area (Å²) in [5.41, 5.74) is 1.52. The summed E-state index contributed by atoms with van der Waals surface area (Å²) in [4.78, 5) is 15.7. The van der Waals surface area contributed by atoms with Gasteiger partial charge in [0, 0.05) is 5.02 Å². The lowest BCUT2D eigenvalue weighted by Gasteiger charge is -2.01. The molecule has 1 heterocycles. The summed E-state index contributed by atoms with van der Waals surface area (Å²) in [6.07, 6.45) is 1.62. The van der Waals surface area contributed by atoms with E-state index in [0.717, 1.165) is 0 Å². The maximum absolute atomic E-state index is 11.5. The number of hydrogen-bond donors (Lipinski definition) is 1. The molecule has 0 spiro atoms. The summed E-state index contributed by atoms with van der Waals surface area (Å²) in [5, 5.41) is 10.6. The van der Waals surface area contributed by atoms with Crippen molar-refractivity contribution in [2.24, 2.45) is 4.99 Å². The van der Waals surface area contributed by atoms with Crippen LogP contribution in [0.3, 0.4) is 0 Å². The summed E-state index contributed by atoms with van der Waals surface area (Å²) < 4.78 is 4.61. The molecule has 0 unspecified atom stereocenters. The summed E-state index contributed by atoms with van der Waals surface area (Å²) in [6.45, 7) is 1.63. The average Bonchev–Trinajstić information content (AvgIpc) is 2.66. The summed E-state index contributed by atoms with van der Waals surface area (Å²) in [5.74, 6) is -0.800. The van der Waals surface area contributed by atoms with Crippen molar-refractivity contribution in [3.05, 3.63) is 51.9 Å². The Balaban J connectivity index is 2.47. The van der Waals surface area contributed by atoms with Crippen molar-refractivity contribution in [1.82, 2.24) is 0 Å². The Morgan fingerprint density at radius 2 is 2.11 bits per heavy atom. The third-order valence-electron chi connectivity index (χ3n) is 2.72. The summed E-state index contributed by atoms with van der Waals surface area (Å²) in [6, 6.07) is 7.17. The molecule has 0 saturated carbocycles. The highest BCUT2D eigenvalue weighted by Crippen LogP contribution is 2.28. The van der Waals surface area contributed by atoms with Crippen LogP contribution in [0.1, 0.15) is 12.5 Å². The van der Waals surface area contributed by atoms with Crippen LogP contribution < -0.4 is 0 Å². The number of methoxy groups -OCH3 is 1. The van der Waals surface area contributed by atoms with E-state index in [1.165, 1.54) is 7.11 Å². The number of ether oxygens (including phenoxy) is 1. The van der Waals surface area contributed by atoms with E-state index in [0.29, 0.717) is 22.0 Å². The second-order valence-electron chi connectivity index (χ2n) is 3.96. The normalized spacial score (nSPS) is 16.8. The molecule has 0 radical (unpaired) electrons. The van der Waals surface area contributed by atoms with E-state index in [-0.39, 0.29) is 11.3 Å². The van der Waals surface area contributed by atoms with Crippen molar-refractivity contribution in [1.29, 1.82) is 0 Å². The number of benzene rings is 1. The Kier molecular flexibility index (Phi) is 3.71. The number of nitrogens with zero attached hydrogens (tertiary/aromatic N) is 1. The van der Waals surface area contributed by atoms with Crippen LogP contribution in [0.4, 0.5) is 0 Å². The van der Waals surface area contributed by atoms with Gasteiger partial charge in [0.2, 0.25) is 0 Å². The number of aliphatic imine (C=N–C) groups is 1. The highest BCUT2D eigenvalue weighted by Gasteiger charge is 2.27. The molecule has 5 heteroatoms. The SMILES string of the molecule is COC(=O)C1=C(O)/C(=C/c2ccccc2Cl)N=C1C. The van der Waals surface area contributed by atoms with Gasteiger partial charge < -0.3 is 9.84 Å². The zero-order chi connectivity index (χ0) is 14.0. The van der Waals surface area contributed by atoms with Gasteiger partial charge in [-0.05, 0) is 24.6 Å². The molecular weight excluding hydrogens is 266 g/mol. The highest BCUT2D eigenvalue weighted by atomic mass is 35.5. The molecule has 0 amide bonds. The van der Waals surface area contributed by atoms with Crippen molar-refractivity contribution in [3.8, 4) is 0 Å². The predicted molar refractivity (Wildman–Crippen MR) is 74.2 cm³/mol. The number of esters is 1. The van der Waals surface area contributed by atoms with Crippen LogP contribution in [0.25, 0.3) is 6.08 Å². The molecule has 0 aromatic heterocycles. The van der Waals surface area contributed by atoms with Gasteiger partial charge in [-0.1, -0.05) is 29.8 Å². The maximum Gasteiger partial charge on any atom is 0.343 e. The molecule has 1 aromatic rings. The average molecular weight is 278 g/mol. The fourth-order valence-corrected chi connectivity index (χ4v) is 1.97. The number of carbonyl (C=O) groups is 1. The second kappa shape index (κ2) is 5.28. The van der Waals surface area contributed by atoms with Crippen LogP contribution in [0.2, 0.25) is 5.02 Å². The molecular formula is C14H12ClNO3. The van der Waals surface area contributed by atoms with Crippen LogP contribution in [0.5, 0.6) is 0 Å². The second-order valence-corrected chi connectivity index (χ2v) is 4.37. The monoisotopic (exact) mass is 277 g/mol. The lowest BCUT2D eigenvalue weighted by Crippen LogP contribution is -2.11. The minimum atomic E-state index is -0.610. The maximum atomic E-state index is 11.5. The van der Waals surface area contributed by atoms with Gasteiger partial charge in [-0.3, -0.25) is 0 Å². The molecule has 0 saturated heterocycles. The number of halogens is 1. The van der Waals surface area contributed by atoms with Crippen molar-refractivity contribution >= 4 is 29.4 Å². The molecule has 1 N–H and O–H groups in total. The van der Waals surface area contributed by atoms with Gasteiger partial charge >= 0.3 is 5.97 Å². The number of carbonyl (C=O) groups excluding carboxylic acids is 1. The molecule has 1 aliphatic heterocycles. The molecule has 0 atom stereocenters. The van der Waals surface area contributed by atoms with Crippen molar-refractivity contribution in [2.45, 2.75) is 6.92 Å². The first kappa shape index (κ1) is 13.4. The summed E-state index contributed by atoms with van der Waals surface area (Å²) in [7, 11) is 1.26. The number of aliphatic hydroxyl groups excluding tert-OH is 1. The van der Waals surface area contributed by atoms with Crippen molar-refractivity contribution in [2.75, 3.05) is 7.11 Å². The largest absolute Gasteiger partial charge is 0.505 e. The molecule has 19 heavy (non-hydrogen) atoms. The fourth-order valence-electron chi connectivity index (χ4n) is 1.78. The molecule has 0 fully saturated rings. The smallest absolute Gasteiger partial charge is 0.343 e. The first-order valence-corrected chi connectivity index (χ1v) is 5.96. The van der Waals surface area contributed by atoms with Gasteiger partial charge in [0.25, 0.3) is 0 Å². The Bertz CT molecular complexity index is 629. The molecule has 2 rings (SSSR count). The Labute approximate surface area is 115 Å². The van der Waals surface area contributed by atoms with Gasteiger partial charge in [0.1, 0.15) is 11.3 Å². The number of aliphatic hydroxyl groups is 1. The lowest BCUT2D eigenvalue weighted by atomic mass is 10.1. The van der Waals surface area contributed by atoms with Crippen LogP contribution in [-0.4, -0.2) is 23.9 Å². The minimum absolute atomic E-state index is 0.0841. The number of hydrogen-bond acceptors (Lipinski definition) is 4. The Morgan fingerprint density at radius 1 is 1.42 bits per heavy atom. The van der Waals surface area contributed by atoms with Crippen LogP contribution in [0.15, 0.2) is 46.3 Å². The van der Waals surface area contributed by atoms with Crippen LogP contribution >= 0.6 is 11.6 Å². The van der Waals surface area contributed by atoms with E-state index in [9.17, 15) is 9.90 Å². The third kappa shape index (κ3) is 2.53. The predicted octanol–water partition coefficient (Wildman–Crippen LogP) is 3.14. The Morgan fingerprint density at radius 3 is 2.74 bits per heavy atom. The molecule has 0 bridgehead atoms. The Hall–Kier alpha value is -2.07. The molecule has 0 aliphatic carbocycles. The fraction of sp³-hybridized carbons (Fsp3) is 0.143. The zero-order valence-electron chi connectivity index (χ0n) is 10.5. The van der Waals surface area contributed by atoms with Gasteiger partial charge in [0.15, 0.2) is 5.76 Å². The lowest BCUT2D eigenvalue weighted by molar-refractivity contribution is -0.135. The molecule has 4 nitrogen and oxygen atoms in total. The van der Waals surface area contributed by atoms with Crippen molar-refractivity contribution in [3.63, 3.8) is 0 Å². The molecule has 1 aromatic carbocycles. The van der Waals surface area contributed by atoms with E-state index >= 15 is 0 Å². The first-order chi connectivity index (χ1) is 9.04. The van der Waals surface area contributed by atoms with Crippen molar-refractivity contribution < 1.29 is 14.6 Å². The van der Waals surface area contributed by atoms with E-state index < -0.39 is 5.97 Å². The first-order valence-electron chi connectivity index (χ1n) is 5.58. The van der Waals surface area contributed by atoms with E-state index in [1.807, 2.05) is 12.1 Å². The van der Waals surface area contributed by atoms with Gasteiger partial charge in [-0.2, -0.15) is 0 Å². The molecule has 98 valence electrons. The number of rotatable bonds is 2. The van der Waals surface area contributed by atoms with Crippen LogP contribution in [-0.2, 0) is 9.53 Å². The topological polar surface area (TPSA) is 58.9 Å². The minimum Gasteiger partial charge on any atom is -0.505 e. The van der Waals surface area contributed by atoms with E-state index in [1.54, 1.807) is 25.1 Å². The van der Waals surface area contributed by atoms with Gasteiger partial charge in [-0.15, -0.1) is 0 Å². The quantitative estimate of drug-likeness (QED) is 0.845. The standard InChI is InChI=1S/C14H12ClNO3/c1-8-12(14(18)19-2)13(17)11(16-8)7-9-5-3-4-6-10(9)15/h3-7,17H,1-2H3/b11-7-. The zero-order valence-corrected chi connectivity index (χ0v) is 11.2. The van der Waals surface area contributed by atoms with E-state index in [2.05, 4.69) is 9.73 Å². The van der Waals surface area contributed by atoms with E-state index in [4.69, 9.17) is 11.6 Å². The molecule has 1 aliphatic rings. The van der Waals surface area contributed by atoms with Crippen LogP contribution in [0, 0.1) is 0 Å².